The molecule has 15 heavy (non-hydrogen) atoms. The van der Waals surface area contributed by atoms with Crippen molar-refractivity contribution in [2.75, 3.05) is 5.32 Å². The predicted octanol–water partition coefficient (Wildman–Crippen LogP) is 3.86. The van der Waals surface area contributed by atoms with Gasteiger partial charge in [-0.3, -0.25) is 0 Å². The maximum Gasteiger partial charge on any atom is 0.0387 e. The van der Waals surface area contributed by atoms with Crippen molar-refractivity contribution in [2.24, 2.45) is 0 Å². The van der Waals surface area contributed by atoms with Gasteiger partial charge >= 0.3 is 0 Å². The van der Waals surface area contributed by atoms with E-state index < -0.39 is 0 Å². The van der Waals surface area contributed by atoms with Crippen molar-refractivity contribution in [3.05, 3.63) is 60.2 Å². The number of nitrogens with one attached hydrogen (secondary N) is 1. The maximum absolute atomic E-state index is 4.26. The molecule has 0 aromatic heterocycles. The van der Waals surface area contributed by atoms with Crippen LogP contribution in [0.3, 0.4) is 0 Å². The average Bonchev–Trinajstić information content (AvgIpc) is 2.31. The van der Waals surface area contributed by atoms with E-state index in [4.69, 9.17) is 0 Å². The average molecular weight is 215 g/mol. The van der Waals surface area contributed by atoms with Gasteiger partial charge in [0.2, 0.25) is 0 Å². The molecule has 2 aromatic carbocycles. The van der Waals surface area contributed by atoms with Crippen LogP contribution in [0.1, 0.15) is 5.56 Å². The van der Waals surface area contributed by atoms with E-state index in [1.54, 1.807) is 0 Å². The summed E-state index contributed by atoms with van der Waals surface area (Å²) in [6, 6.07) is 18.4. The molecule has 0 atom stereocenters. The lowest BCUT2D eigenvalue weighted by Crippen LogP contribution is -1.90. The van der Waals surface area contributed by atoms with Gasteiger partial charge in [-0.05, 0) is 29.8 Å². The highest BCUT2D eigenvalue weighted by Gasteiger charge is 1.94. The van der Waals surface area contributed by atoms with Crippen LogP contribution in [0.25, 0.3) is 0 Å². The van der Waals surface area contributed by atoms with Crippen LogP contribution < -0.4 is 5.32 Å². The molecule has 0 spiro atoms. The zero-order chi connectivity index (χ0) is 10.5. The largest absolute Gasteiger partial charge is 0.356 e. The maximum atomic E-state index is 4.26. The van der Waals surface area contributed by atoms with E-state index in [1.165, 1.54) is 5.56 Å². The molecule has 0 unspecified atom stereocenters. The van der Waals surface area contributed by atoms with Gasteiger partial charge in [0.1, 0.15) is 0 Å². The first-order valence-electron chi connectivity index (χ1n) is 4.90. The fraction of sp³-hybridized carbons (Fsp3) is 0.0769. The van der Waals surface area contributed by atoms with E-state index in [2.05, 4.69) is 36.1 Å². The molecule has 0 fully saturated rings. The van der Waals surface area contributed by atoms with Gasteiger partial charge in [-0.15, -0.1) is 0 Å². The van der Waals surface area contributed by atoms with Crippen LogP contribution in [-0.4, -0.2) is 0 Å². The Kier molecular flexibility index (Phi) is 3.30. The number of para-hydroxylation sites is 1. The monoisotopic (exact) mass is 215 g/mol. The molecule has 0 bridgehead atoms. The van der Waals surface area contributed by atoms with E-state index >= 15 is 0 Å². The Morgan fingerprint density at radius 2 is 1.60 bits per heavy atom. The number of anilines is 2. The molecular weight excluding hydrogens is 202 g/mol. The van der Waals surface area contributed by atoms with Gasteiger partial charge in [-0.25, -0.2) is 0 Å². The SMILES string of the molecule is SCc1cccc(Nc2ccccc2)c1. The molecule has 2 rings (SSSR count). The Morgan fingerprint density at radius 3 is 2.33 bits per heavy atom. The molecule has 76 valence electrons. The van der Waals surface area contributed by atoms with E-state index in [1.807, 2.05) is 36.4 Å². The Bertz CT molecular complexity index is 426. The first-order chi connectivity index (χ1) is 7.38. The number of hydrogen-bond acceptors (Lipinski definition) is 2. The zero-order valence-electron chi connectivity index (χ0n) is 8.35. The molecule has 1 nitrogen and oxygen atoms in total. The standard InChI is InChI=1S/C13H13NS/c15-10-11-5-4-8-13(9-11)14-12-6-2-1-3-7-12/h1-9,14-15H,10H2. The van der Waals surface area contributed by atoms with Crippen molar-refractivity contribution in [1.82, 2.24) is 0 Å². The first kappa shape index (κ1) is 10.1. The minimum absolute atomic E-state index is 0.768. The number of benzene rings is 2. The third-order valence-corrected chi connectivity index (χ3v) is 2.54. The molecule has 0 radical (unpaired) electrons. The molecule has 0 aliphatic heterocycles. The summed E-state index contributed by atoms with van der Waals surface area (Å²) in [4.78, 5) is 0. The number of rotatable bonds is 3. The Balaban J connectivity index is 2.17. The summed E-state index contributed by atoms with van der Waals surface area (Å²) < 4.78 is 0. The molecule has 0 aliphatic rings. The van der Waals surface area contributed by atoms with Crippen LogP contribution in [-0.2, 0) is 5.75 Å². The van der Waals surface area contributed by atoms with Crippen LogP contribution in [0.2, 0.25) is 0 Å². The smallest absolute Gasteiger partial charge is 0.0387 e. The van der Waals surface area contributed by atoms with Crippen molar-refractivity contribution in [1.29, 1.82) is 0 Å². The number of hydrogen-bond donors (Lipinski definition) is 2. The van der Waals surface area contributed by atoms with Crippen molar-refractivity contribution >= 4 is 24.0 Å². The summed E-state index contributed by atoms with van der Waals surface area (Å²) in [5.74, 6) is 0.768. The highest BCUT2D eigenvalue weighted by atomic mass is 32.1. The molecule has 2 aromatic rings. The summed E-state index contributed by atoms with van der Waals surface area (Å²) in [7, 11) is 0. The van der Waals surface area contributed by atoms with Crippen molar-refractivity contribution in [3.8, 4) is 0 Å². The zero-order valence-corrected chi connectivity index (χ0v) is 9.24. The van der Waals surface area contributed by atoms with Crippen molar-refractivity contribution in [3.63, 3.8) is 0 Å². The Hall–Kier alpha value is -1.41. The van der Waals surface area contributed by atoms with Crippen LogP contribution in [0.5, 0.6) is 0 Å². The molecule has 0 aliphatic carbocycles. The van der Waals surface area contributed by atoms with Gasteiger partial charge in [0, 0.05) is 17.1 Å². The summed E-state index contributed by atoms with van der Waals surface area (Å²) in [6.07, 6.45) is 0. The quantitative estimate of drug-likeness (QED) is 0.741. The van der Waals surface area contributed by atoms with Gasteiger partial charge in [0.25, 0.3) is 0 Å². The van der Waals surface area contributed by atoms with Gasteiger partial charge in [0.05, 0.1) is 0 Å². The predicted molar refractivity (Wildman–Crippen MR) is 68.9 cm³/mol. The van der Waals surface area contributed by atoms with Crippen LogP contribution in [0.4, 0.5) is 11.4 Å². The molecular formula is C13H13NS. The highest BCUT2D eigenvalue weighted by Crippen LogP contribution is 2.17. The van der Waals surface area contributed by atoms with Gasteiger partial charge in [0.15, 0.2) is 0 Å². The van der Waals surface area contributed by atoms with Gasteiger partial charge in [-0.2, -0.15) is 12.6 Å². The lowest BCUT2D eigenvalue weighted by molar-refractivity contribution is 1.41. The molecule has 1 N–H and O–H groups in total. The van der Waals surface area contributed by atoms with Gasteiger partial charge in [-0.1, -0.05) is 30.3 Å². The summed E-state index contributed by atoms with van der Waals surface area (Å²) >= 11 is 4.26. The van der Waals surface area contributed by atoms with Crippen molar-refractivity contribution < 1.29 is 0 Å². The second-order valence-corrected chi connectivity index (χ2v) is 3.67. The minimum atomic E-state index is 0.768. The molecule has 0 heterocycles. The topological polar surface area (TPSA) is 12.0 Å². The third kappa shape index (κ3) is 2.77. The highest BCUT2D eigenvalue weighted by molar-refractivity contribution is 7.79. The fourth-order valence-corrected chi connectivity index (χ4v) is 1.63. The first-order valence-corrected chi connectivity index (χ1v) is 5.53. The molecule has 0 saturated carbocycles. The minimum Gasteiger partial charge on any atom is -0.356 e. The van der Waals surface area contributed by atoms with Crippen LogP contribution in [0, 0.1) is 0 Å². The summed E-state index contributed by atoms with van der Waals surface area (Å²) in [5, 5.41) is 3.34. The summed E-state index contributed by atoms with van der Waals surface area (Å²) in [6.45, 7) is 0. The Labute approximate surface area is 95.6 Å². The van der Waals surface area contributed by atoms with Gasteiger partial charge < -0.3 is 5.32 Å². The normalized spacial score (nSPS) is 9.93. The molecule has 2 heteroatoms. The van der Waals surface area contributed by atoms with Crippen molar-refractivity contribution in [2.45, 2.75) is 5.75 Å². The fourth-order valence-electron chi connectivity index (χ4n) is 1.44. The second kappa shape index (κ2) is 4.89. The van der Waals surface area contributed by atoms with E-state index in [0.29, 0.717) is 0 Å². The second-order valence-electron chi connectivity index (χ2n) is 3.35. The van der Waals surface area contributed by atoms with E-state index in [0.717, 1.165) is 17.1 Å². The lowest BCUT2D eigenvalue weighted by Gasteiger charge is -2.07. The van der Waals surface area contributed by atoms with E-state index in [-0.39, 0.29) is 0 Å². The molecule has 0 amide bonds. The lowest BCUT2D eigenvalue weighted by atomic mass is 10.2. The Morgan fingerprint density at radius 1 is 0.867 bits per heavy atom. The summed E-state index contributed by atoms with van der Waals surface area (Å²) in [5.41, 5.74) is 3.43. The van der Waals surface area contributed by atoms with Crippen LogP contribution in [0.15, 0.2) is 54.6 Å². The third-order valence-electron chi connectivity index (χ3n) is 2.17. The van der Waals surface area contributed by atoms with E-state index in [9.17, 15) is 0 Å². The molecule has 0 saturated heterocycles. The van der Waals surface area contributed by atoms with Crippen LogP contribution >= 0.6 is 12.6 Å². The number of thiol groups is 1.